The molecule has 0 saturated heterocycles. The smallest absolute Gasteiger partial charge is 0.221 e. The number of aromatic hydroxyl groups is 1. The van der Waals surface area contributed by atoms with Crippen molar-refractivity contribution in [3.8, 4) is 11.5 Å². The Morgan fingerprint density at radius 2 is 1.77 bits per heavy atom. The van der Waals surface area contributed by atoms with Crippen LogP contribution in [0.25, 0.3) is 0 Å². The number of phenolic OH excluding ortho intramolecular Hbond substituents is 1. The normalized spacial score (nSPS) is 12.2. The van der Waals surface area contributed by atoms with Gasteiger partial charge < -0.3 is 20.3 Å². The standard InChI is InChI=1S/C29H49NO4S/c1-3-4-5-13-16-26(31)17-14-11-9-7-6-8-10-12-15-21-35-22-20-29(33)30-24-25-18-19-27(32)28(23-25)34-2/h11,14,18-19,23,26,31-32H,3-10,12-13,15-17,20-22,24H2,1-2H3,(H,30,33)/b14-11-/t26-/m1/s1. The molecule has 1 aromatic rings. The molecule has 0 aliphatic carbocycles. The number of rotatable bonds is 22. The zero-order chi connectivity index (χ0) is 25.6. The van der Waals surface area contributed by atoms with Crippen LogP contribution in [0.1, 0.15) is 102 Å². The van der Waals surface area contributed by atoms with Crippen molar-refractivity contribution in [3.63, 3.8) is 0 Å². The molecule has 3 N–H and O–H groups in total. The number of hydrogen-bond acceptors (Lipinski definition) is 5. The van der Waals surface area contributed by atoms with Crippen LogP contribution in [-0.4, -0.2) is 40.8 Å². The third-order valence-corrected chi connectivity index (χ3v) is 7.15. The summed E-state index contributed by atoms with van der Waals surface area (Å²) in [4.78, 5) is 12.0. The molecule has 0 fully saturated rings. The second-order valence-electron chi connectivity index (χ2n) is 9.27. The molecule has 0 heterocycles. The van der Waals surface area contributed by atoms with Gasteiger partial charge in [0.25, 0.3) is 0 Å². The lowest BCUT2D eigenvalue weighted by Crippen LogP contribution is -2.23. The van der Waals surface area contributed by atoms with E-state index in [0.29, 0.717) is 18.7 Å². The fourth-order valence-electron chi connectivity index (χ4n) is 3.86. The average Bonchev–Trinajstić information content (AvgIpc) is 2.86. The molecule has 0 unspecified atom stereocenters. The highest BCUT2D eigenvalue weighted by molar-refractivity contribution is 7.99. The van der Waals surface area contributed by atoms with Crippen molar-refractivity contribution in [2.45, 2.75) is 109 Å². The number of methoxy groups -OCH3 is 1. The number of carbonyl (C=O) groups is 1. The fourth-order valence-corrected chi connectivity index (χ4v) is 4.80. The number of benzene rings is 1. The Balaban J connectivity index is 1.87. The maximum absolute atomic E-state index is 12.0. The van der Waals surface area contributed by atoms with E-state index < -0.39 is 0 Å². The van der Waals surface area contributed by atoms with Gasteiger partial charge in [-0.15, -0.1) is 0 Å². The minimum atomic E-state index is -0.162. The van der Waals surface area contributed by atoms with Gasteiger partial charge in [0, 0.05) is 18.7 Å². The number of aliphatic hydroxyl groups is 1. The molecule has 0 saturated carbocycles. The third kappa shape index (κ3) is 17.4. The third-order valence-electron chi connectivity index (χ3n) is 6.08. The first-order valence-corrected chi connectivity index (χ1v) is 14.8. The van der Waals surface area contributed by atoms with Crippen LogP contribution in [0.2, 0.25) is 0 Å². The number of unbranched alkanes of at least 4 members (excludes halogenated alkanes) is 9. The van der Waals surface area contributed by atoms with Gasteiger partial charge in [-0.05, 0) is 55.6 Å². The van der Waals surface area contributed by atoms with Gasteiger partial charge in [-0.1, -0.05) is 76.5 Å². The number of amides is 1. The summed E-state index contributed by atoms with van der Waals surface area (Å²) in [5, 5.41) is 22.5. The van der Waals surface area contributed by atoms with Crippen LogP contribution in [0.15, 0.2) is 30.4 Å². The number of allylic oxidation sites excluding steroid dienone is 1. The zero-order valence-corrected chi connectivity index (χ0v) is 22.9. The zero-order valence-electron chi connectivity index (χ0n) is 22.1. The van der Waals surface area contributed by atoms with E-state index >= 15 is 0 Å². The fraction of sp³-hybridized carbons (Fsp3) is 0.690. The van der Waals surface area contributed by atoms with Crippen molar-refractivity contribution in [1.82, 2.24) is 5.32 Å². The number of carbonyl (C=O) groups excluding carboxylic acids is 1. The SMILES string of the molecule is CCCCCC[C@@H](O)C/C=C\CCCCCCCCSCCC(=O)NCc1ccc(O)c(OC)c1. The molecule has 6 heteroatoms. The number of phenols is 1. The van der Waals surface area contributed by atoms with Gasteiger partial charge in [-0.2, -0.15) is 11.8 Å². The summed E-state index contributed by atoms with van der Waals surface area (Å²) >= 11 is 1.85. The van der Waals surface area contributed by atoms with E-state index in [2.05, 4.69) is 24.4 Å². The van der Waals surface area contributed by atoms with Crippen molar-refractivity contribution in [2.75, 3.05) is 18.6 Å². The van der Waals surface area contributed by atoms with Crippen LogP contribution >= 0.6 is 11.8 Å². The predicted molar refractivity (Wildman–Crippen MR) is 149 cm³/mol. The van der Waals surface area contributed by atoms with Gasteiger partial charge in [-0.3, -0.25) is 4.79 Å². The summed E-state index contributed by atoms with van der Waals surface area (Å²) in [5.74, 6) is 2.55. The topological polar surface area (TPSA) is 78.8 Å². The van der Waals surface area contributed by atoms with Gasteiger partial charge in [0.15, 0.2) is 11.5 Å². The summed E-state index contributed by atoms with van der Waals surface area (Å²) in [5.41, 5.74) is 0.906. The Morgan fingerprint density at radius 3 is 2.54 bits per heavy atom. The van der Waals surface area contributed by atoms with Crippen LogP contribution in [0.5, 0.6) is 11.5 Å². The number of hydrogen-bond donors (Lipinski definition) is 3. The van der Waals surface area contributed by atoms with Crippen LogP contribution in [0.4, 0.5) is 0 Å². The van der Waals surface area contributed by atoms with Gasteiger partial charge in [0.05, 0.1) is 13.2 Å². The van der Waals surface area contributed by atoms with Crippen LogP contribution < -0.4 is 10.1 Å². The van der Waals surface area contributed by atoms with Gasteiger partial charge >= 0.3 is 0 Å². The van der Waals surface area contributed by atoms with Crippen molar-refractivity contribution >= 4 is 17.7 Å². The predicted octanol–water partition coefficient (Wildman–Crippen LogP) is 7.15. The van der Waals surface area contributed by atoms with Crippen molar-refractivity contribution in [1.29, 1.82) is 0 Å². The Morgan fingerprint density at radius 1 is 1.03 bits per heavy atom. The number of nitrogens with one attached hydrogen (secondary N) is 1. The van der Waals surface area contributed by atoms with E-state index in [1.807, 2.05) is 11.8 Å². The molecule has 1 atom stereocenters. The Labute approximate surface area is 218 Å². The monoisotopic (exact) mass is 507 g/mol. The lowest BCUT2D eigenvalue weighted by molar-refractivity contribution is -0.120. The second kappa shape index (κ2) is 21.6. The molecule has 0 aromatic heterocycles. The van der Waals surface area contributed by atoms with E-state index in [-0.39, 0.29) is 17.8 Å². The summed E-state index contributed by atoms with van der Waals surface area (Å²) in [6, 6.07) is 5.10. The lowest BCUT2D eigenvalue weighted by atomic mass is 10.1. The summed E-state index contributed by atoms with van der Waals surface area (Å²) in [6.45, 7) is 2.66. The quantitative estimate of drug-likeness (QED) is 0.115. The average molecular weight is 508 g/mol. The van der Waals surface area contributed by atoms with Crippen molar-refractivity contribution in [2.24, 2.45) is 0 Å². The molecule has 1 rings (SSSR count). The first-order valence-electron chi connectivity index (χ1n) is 13.6. The molecule has 0 bridgehead atoms. The molecule has 200 valence electrons. The van der Waals surface area contributed by atoms with E-state index in [4.69, 9.17) is 4.74 Å². The number of aliphatic hydroxyl groups excluding tert-OH is 1. The van der Waals surface area contributed by atoms with Crippen molar-refractivity contribution in [3.05, 3.63) is 35.9 Å². The first-order chi connectivity index (χ1) is 17.1. The molecular formula is C29H49NO4S. The molecule has 0 aliphatic heterocycles. The molecular weight excluding hydrogens is 458 g/mol. The second-order valence-corrected chi connectivity index (χ2v) is 10.5. The number of thioether (sulfide) groups is 1. The molecule has 5 nitrogen and oxygen atoms in total. The highest BCUT2D eigenvalue weighted by atomic mass is 32.2. The molecule has 0 aliphatic rings. The minimum absolute atomic E-state index is 0.0556. The van der Waals surface area contributed by atoms with Crippen LogP contribution in [-0.2, 0) is 11.3 Å². The Kier molecular flexibility index (Phi) is 19.4. The maximum Gasteiger partial charge on any atom is 0.221 e. The summed E-state index contributed by atoms with van der Waals surface area (Å²) in [7, 11) is 1.51. The molecule has 0 spiro atoms. The molecule has 1 aromatic carbocycles. The van der Waals surface area contributed by atoms with E-state index in [1.165, 1.54) is 64.9 Å². The summed E-state index contributed by atoms with van der Waals surface area (Å²) < 4.78 is 5.09. The molecule has 0 radical (unpaired) electrons. The van der Waals surface area contributed by atoms with Gasteiger partial charge in [0.1, 0.15) is 0 Å². The summed E-state index contributed by atoms with van der Waals surface area (Å²) in [6.07, 6.45) is 20.1. The Bertz CT molecular complexity index is 695. The van der Waals surface area contributed by atoms with E-state index in [9.17, 15) is 15.0 Å². The lowest BCUT2D eigenvalue weighted by Gasteiger charge is -2.08. The minimum Gasteiger partial charge on any atom is -0.504 e. The number of ether oxygens (including phenoxy) is 1. The van der Waals surface area contributed by atoms with Gasteiger partial charge in [0.2, 0.25) is 5.91 Å². The van der Waals surface area contributed by atoms with Crippen molar-refractivity contribution < 1.29 is 19.7 Å². The molecule has 35 heavy (non-hydrogen) atoms. The highest BCUT2D eigenvalue weighted by Crippen LogP contribution is 2.26. The largest absolute Gasteiger partial charge is 0.504 e. The van der Waals surface area contributed by atoms with Crippen LogP contribution in [0.3, 0.4) is 0 Å². The Hall–Kier alpha value is -1.66. The highest BCUT2D eigenvalue weighted by Gasteiger charge is 2.05. The van der Waals surface area contributed by atoms with Gasteiger partial charge in [-0.25, -0.2) is 0 Å². The molecule has 1 amide bonds. The van der Waals surface area contributed by atoms with Crippen LogP contribution in [0, 0.1) is 0 Å². The van der Waals surface area contributed by atoms with E-state index in [1.54, 1.807) is 18.2 Å². The van der Waals surface area contributed by atoms with E-state index in [0.717, 1.165) is 42.8 Å². The first kappa shape index (κ1) is 31.4. The maximum atomic E-state index is 12.0.